The second kappa shape index (κ2) is 16.1. The number of aryl methyl sites for hydroxylation is 1. The van der Waals surface area contributed by atoms with E-state index < -0.39 is 47.3 Å². The van der Waals surface area contributed by atoms with Gasteiger partial charge in [0, 0.05) is 36.9 Å². The number of hydrogen-bond acceptors (Lipinski definition) is 7. The minimum Gasteiger partial charge on any atom is -0.460 e. The monoisotopic (exact) mass is 680 g/mol. The van der Waals surface area contributed by atoms with Crippen LogP contribution in [0, 0.1) is 24.2 Å². The molecule has 0 saturated carbocycles. The van der Waals surface area contributed by atoms with Gasteiger partial charge in [-0.15, -0.1) is 0 Å². The van der Waals surface area contributed by atoms with Crippen LogP contribution < -0.4 is 21.7 Å². The molecular formula is C37H49ClN4O6. The quantitative estimate of drug-likeness (QED) is 0.237. The average molecular weight is 681 g/mol. The maximum atomic E-state index is 13.7. The van der Waals surface area contributed by atoms with Gasteiger partial charge < -0.3 is 31.2 Å². The molecule has 5 N–H and O–H groups in total. The second-order valence-electron chi connectivity index (χ2n) is 14.0. The van der Waals surface area contributed by atoms with Crippen molar-refractivity contribution in [2.24, 2.45) is 23.0 Å². The number of nitrogens with one attached hydrogen (secondary N) is 3. The van der Waals surface area contributed by atoms with Gasteiger partial charge in [-0.1, -0.05) is 74.8 Å². The Hall–Kier alpha value is -3.73. The maximum Gasteiger partial charge on any atom is 0.328 e. The first-order chi connectivity index (χ1) is 22.7. The molecule has 260 valence electrons. The third-order valence-corrected chi connectivity index (χ3v) is 9.41. The standard InChI is InChI=1S/C37H49ClN4O6/c1-21(2)16-29-35(45)47-30(23(4)32-33(48-32)26-14-12-24(19-39)13-15-26)8-7-9-31(43)41-28(18-25-11-10-22(3)27(38)17-25)34(44)40-20-37(5,6)36(46)42-29/h7,9-15,17,21,23,28-30,32-33H,8,16,18-20,39H2,1-6H3,(H,40,44)(H,41,43)(H,42,46)/b9-7+/t23-,28+,29-,30-,32+,33+/m0/s1. The predicted octanol–water partition coefficient (Wildman–Crippen LogP) is 4.46. The van der Waals surface area contributed by atoms with E-state index in [0.29, 0.717) is 18.0 Å². The topological polar surface area (TPSA) is 152 Å². The van der Waals surface area contributed by atoms with Crippen LogP contribution in [-0.4, -0.2) is 54.5 Å². The number of carbonyl (C=O) groups excluding carboxylic acids is 4. The van der Waals surface area contributed by atoms with Crippen molar-refractivity contribution < 1.29 is 28.7 Å². The lowest BCUT2D eigenvalue weighted by atomic mass is 9.90. The molecule has 2 aromatic rings. The normalized spacial score (nSPS) is 26.6. The van der Waals surface area contributed by atoms with E-state index in [-0.39, 0.29) is 43.4 Å². The lowest BCUT2D eigenvalue weighted by molar-refractivity contribution is -0.157. The molecule has 2 aliphatic heterocycles. The first-order valence-electron chi connectivity index (χ1n) is 16.6. The summed E-state index contributed by atoms with van der Waals surface area (Å²) >= 11 is 6.34. The molecule has 3 amide bonds. The summed E-state index contributed by atoms with van der Waals surface area (Å²) < 4.78 is 12.2. The highest BCUT2D eigenvalue weighted by Crippen LogP contribution is 2.45. The number of halogens is 1. The van der Waals surface area contributed by atoms with Crippen molar-refractivity contribution in [2.45, 2.75) is 97.7 Å². The molecule has 2 aromatic carbocycles. The van der Waals surface area contributed by atoms with Crippen molar-refractivity contribution in [3.63, 3.8) is 0 Å². The number of esters is 1. The van der Waals surface area contributed by atoms with E-state index in [2.05, 4.69) is 16.0 Å². The van der Waals surface area contributed by atoms with Crippen LogP contribution in [0.25, 0.3) is 0 Å². The van der Waals surface area contributed by atoms with Gasteiger partial charge in [-0.05, 0) is 67.5 Å². The third-order valence-electron chi connectivity index (χ3n) is 9.00. The highest BCUT2D eigenvalue weighted by Gasteiger charge is 2.47. The number of ether oxygens (including phenoxy) is 2. The van der Waals surface area contributed by atoms with Crippen molar-refractivity contribution in [3.05, 3.63) is 81.9 Å². The molecule has 0 aromatic heterocycles. The Morgan fingerprint density at radius 3 is 2.31 bits per heavy atom. The highest BCUT2D eigenvalue weighted by molar-refractivity contribution is 6.31. The molecule has 1 fully saturated rings. The Morgan fingerprint density at radius 1 is 0.979 bits per heavy atom. The molecule has 11 heteroatoms. The second-order valence-corrected chi connectivity index (χ2v) is 14.5. The Bertz CT molecular complexity index is 1510. The molecule has 0 aliphatic carbocycles. The van der Waals surface area contributed by atoms with Gasteiger partial charge in [0.25, 0.3) is 0 Å². The van der Waals surface area contributed by atoms with Crippen LogP contribution in [0.15, 0.2) is 54.6 Å². The number of hydrogen-bond donors (Lipinski definition) is 4. The van der Waals surface area contributed by atoms with Crippen molar-refractivity contribution in [2.75, 3.05) is 6.54 Å². The van der Waals surface area contributed by atoms with Gasteiger partial charge in [-0.2, -0.15) is 0 Å². The first-order valence-corrected chi connectivity index (χ1v) is 17.0. The van der Waals surface area contributed by atoms with Crippen LogP contribution in [0.4, 0.5) is 0 Å². The third kappa shape index (κ3) is 9.90. The van der Waals surface area contributed by atoms with Crippen LogP contribution in [0.5, 0.6) is 0 Å². The molecule has 4 rings (SSSR count). The zero-order valence-electron chi connectivity index (χ0n) is 28.7. The Morgan fingerprint density at radius 2 is 1.67 bits per heavy atom. The van der Waals surface area contributed by atoms with E-state index in [1.165, 1.54) is 6.08 Å². The number of rotatable bonds is 8. The van der Waals surface area contributed by atoms with Gasteiger partial charge in [0.1, 0.15) is 24.3 Å². The Labute approximate surface area is 288 Å². The summed E-state index contributed by atoms with van der Waals surface area (Å²) in [7, 11) is 0. The number of nitrogens with two attached hydrogens (primary N) is 1. The number of amides is 3. The number of epoxide rings is 1. The van der Waals surface area contributed by atoms with E-state index >= 15 is 0 Å². The number of carbonyl (C=O) groups is 4. The molecule has 0 bridgehead atoms. The molecule has 6 atom stereocenters. The lowest BCUT2D eigenvalue weighted by Crippen LogP contribution is -2.54. The summed E-state index contributed by atoms with van der Waals surface area (Å²) in [6, 6.07) is 11.6. The minimum absolute atomic E-state index is 0.0235. The summed E-state index contributed by atoms with van der Waals surface area (Å²) in [6.07, 6.45) is 2.74. The van der Waals surface area contributed by atoms with Gasteiger partial charge in [0.15, 0.2) is 0 Å². The smallest absolute Gasteiger partial charge is 0.328 e. The fourth-order valence-electron chi connectivity index (χ4n) is 5.74. The van der Waals surface area contributed by atoms with Crippen molar-refractivity contribution in [1.82, 2.24) is 16.0 Å². The first kappa shape index (κ1) is 37.1. The van der Waals surface area contributed by atoms with Gasteiger partial charge in [0.2, 0.25) is 17.7 Å². The van der Waals surface area contributed by atoms with Crippen molar-refractivity contribution in [1.29, 1.82) is 0 Å². The molecule has 2 heterocycles. The molecular weight excluding hydrogens is 632 g/mol. The van der Waals surface area contributed by atoms with Gasteiger partial charge in [-0.25, -0.2) is 4.79 Å². The molecule has 0 spiro atoms. The zero-order chi connectivity index (χ0) is 35.2. The van der Waals surface area contributed by atoms with Crippen LogP contribution in [0.3, 0.4) is 0 Å². The summed E-state index contributed by atoms with van der Waals surface area (Å²) in [5, 5.41) is 9.08. The SMILES string of the molecule is Cc1ccc(C[C@H]2NC(=O)/C=C/C[C@@H]([C@H](C)[C@H]3O[C@@H]3c3ccc(CN)cc3)OC(=O)[C@H](CC(C)C)NC(=O)C(C)(C)CNC2=O)cc1Cl. The van der Waals surface area contributed by atoms with E-state index in [9.17, 15) is 19.2 Å². The maximum absolute atomic E-state index is 13.7. The van der Waals surface area contributed by atoms with E-state index in [0.717, 1.165) is 22.3 Å². The summed E-state index contributed by atoms with van der Waals surface area (Å²) in [5.74, 6) is -2.04. The number of cyclic esters (lactones) is 1. The molecule has 2 aliphatic rings. The summed E-state index contributed by atoms with van der Waals surface area (Å²) in [5.41, 5.74) is 8.37. The molecule has 0 unspecified atom stereocenters. The highest BCUT2D eigenvalue weighted by atomic mass is 35.5. The fourth-order valence-corrected chi connectivity index (χ4v) is 5.94. The molecule has 10 nitrogen and oxygen atoms in total. The Balaban J connectivity index is 1.60. The Kier molecular flexibility index (Phi) is 12.5. The van der Waals surface area contributed by atoms with Gasteiger partial charge in [0.05, 0.1) is 11.5 Å². The average Bonchev–Trinajstić information content (AvgIpc) is 3.84. The molecule has 0 radical (unpaired) electrons. The minimum atomic E-state index is -1.08. The summed E-state index contributed by atoms with van der Waals surface area (Å²) in [4.78, 5) is 53.9. The van der Waals surface area contributed by atoms with Crippen molar-refractivity contribution >= 4 is 35.3 Å². The van der Waals surface area contributed by atoms with E-state index in [1.807, 2.05) is 64.1 Å². The number of benzene rings is 2. The van der Waals surface area contributed by atoms with Crippen molar-refractivity contribution in [3.8, 4) is 0 Å². The van der Waals surface area contributed by atoms with Crippen LogP contribution >= 0.6 is 11.6 Å². The molecule has 48 heavy (non-hydrogen) atoms. The van der Waals surface area contributed by atoms with Crippen LogP contribution in [0.2, 0.25) is 5.02 Å². The van der Waals surface area contributed by atoms with Gasteiger partial charge in [-0.3, -0.25) is 14.4 Å². The zero-order valence-corrected chi connectivity index (χ0v) is 29.4. The van der Waals surface area contributed by atoms with Gasteiger partial charge >= 0.3 is 5.97 Å². The molecule has 1 saturated heterocycles. The fraction of sp³-hybridized carbons (Fsp3) is 0.514. The predicted molar refractivity (Wildman–Crippen MR) is 185 cm³/mol. The lowest BCUT2D eigenvalue weighted by Gasteiger charge is -2.30. The van der Waals surface area contributed by atoms with E-state index in [4.69, 9.17) is 26.8 Å². The largest absolute Gasteiger partial charge is 0.460 e. The van der Waals surface area contributed by atoms with Crippen LogP contribution in [0.1, 0.15) is 75.8 Å². The van der Waals surface area contributed by atoms with Crippen LogP contribution in [-0.2, 0) is 41.6 Å². The summed E-state index contributed by atoms with van der Waals surface area (Å²) in [6.45, 7) is 11.6. The van der Waals surface area contributed by atoms with E-state index in [1.54, 1.807) is 26.0 Å².